The van der Waals surface area contributed by atoms with Gasteiger partial charge in [-0.3, -0.25) is 0 Å². The first-order valence-corrected chi connectivity index (χ1v) is 8.68. The van der Waals surface area contributed by atoms with Crippen LogP contribution in [0.5, 0.6) is 0 Å². The Hall–Kier alpha value is -0.0800. The highest BCUT2D eigenvalue weighted by molar-refractivity contribution is 4.91. The Bertz CT molecular complexity index is 258. The van der Waals surface area contributed by atoms with E-state index in [1.165, 1.54) is 70.6 Å². The maximum atomic E-state index is 5.68. The molecular formula is C17H31NO. The Labute approximate surface area is 118 Å². The molecule has 0 aromatic rings. The van der Waals surface area contributed by atoms with Crippen LogP contribution in [0.15, 0.2) is 0 Å². The molecule has 0 unspecified atom stereocenters. The molecule has 0 radical (unpaired) electrons. The minimum atomic E-state index is 0.783. The summed E-state index contributed by atoms with van der Waals surface area (Å²) in [6, 6.07) is 0.801. The van der Waals surface area contributed by atoms with Crippen molar-refractivity contribution in [3.05, 3.63) is 0 Å². The molecule has 19 heavy (non-hydrogen) atoms. The largest absolute Gasteiger partial charge is 0.381 e. The third-order valence-corrected chi connectivity index (χ3v) is 5.66. The topological polar surface area (TPSA) is 21.3 Å². The van der Waals surface area contributed by atoms with E-state index in [4.69, 9.17) is 4.74 Å². The Morgan fingerprint density at radius 1 is 0.947 bits per heavy atom. The molecule has 0 saturated heterocycles. The van der Waals surface area contributed by atoms with Gasteiger partial charge in [0.25, 0.3) is 0 Å². The highest BCUT2D eigenvalue weighted by Gasteiger charge is 2.37. The van der Waals surface area contributed by atoms with Crippen molar-refractivity contribution < 1.29 is 4.74 Å². The van der Waals surface area contributed by atoms with E-state index in [1.54, 1.807) is 0 Å². The summed E-state index contributed by atoms with van der Waals surface area (Å²) >= 11 is 0. The van der Waals surface area contributed by atoms with E-state index >= 15 is 0 Å². The summed E-state index contributed by atoms with van der Waals surface area (Å²) in [7, 11) is 0. The molecular weight excluding hydrogens is 234 g/mol. The summed E-state index contributed by atoms with van der Waals surface area (Å²) < 4.78 is 5.68. The average molecular weight is 265 g/mol. The smallest absolute Gasteiger partial charge is 0.0494 e. The van der Waals surface area contributed by atoms with Gasteiger partial charge in [-0.15, -0.1) is 0 Å². The fourth-order valence-electron chi connectivity index (χ4n) is 4.07. The van der Waals surface area contributed by atoms with Crippen LogP contribution in [0.2, 0.25) is 0 Å². The predicted molar refractivity (Wildman–Crippen MR) is 79.3 cm³/mol. The molecule has 1 N–H and O–H groups in total. The van der Waals surface area contributed by atoms with Crippen molar-refractivity contribution in [1.29, 1.82) is 0 Å². The summed E-state index contributed by atoms with van der Waals surface area (Å²) in [5, 5.41) is 3.75. The fourth-order valence-corrected chi connectivity index (χ4v) is 4.07. The molecule has 3 fully saturated rings. The lowest BCUT2D eigenvalue weighted by molar-refractivity contribution is 0.119. The number of ether oxygens (including phenoxy) is 1. The maximum absolute atomic E-state index is 5.68. The Morgan fingerprint density at radius 2 is 1.68 bits per heavy atom. The van der Waals surface area contributed by atoms with E-state index in [9.17, 15) is 0 Å². The molecule has 0 amide bonds. The quantitative estimate of drug-likeness (QED) is 0.705. The third kappa shape index (κ3) is 4.19. The number of rotatable bonds is 7. The van der Waals surface area contributed by atoms with Crippen molar-refractivity contribution >= 4 is 0 Å². The first kappa shape index (κ1) is 13.9. The van der Waals surface area contributed by atoms with Crippen LogP contribution in [0.4, 0.5) is 0 Å². The second-order valence-electron chi connectivity index (χ2n) is 7.31. The maximum Gasteiger partial charge on any atom is 0.0494 e. The van der Waals surface area contributed by atoms with Crippen molar-refractivity contribution in [3.63, 3.8) is 0 Å². The molecule has 2 nitrogen and oxygen atoms in total. The molecule has 3 aliphatic carbocycles. The SMILES string of the molecule is C(CNC1CCC2(CCCC2)CC1)COCC1CC1. The average Bonchev–Trinajstić information content (AvgIpc) is 3.16. The second-order valence-corrected chi connectivity index (χ2v) is 7.31. The van der Waals surface area contributed by atoms with E-state index in [0.29, 0.717) is 0 Å². The predicted octanol–water partition coefficient (Wildman–Crippen LogP) is 3.90. The molecule has 1 spiro atoms. The number of hydrogen-bond acceptors (Lipinski definition) is 2. The van der Waals surface area contributed by atoms with Crippen LogP contribution >= 0.6 is 0 Å². The third-order valence-electron chi connectivity index (χ3n) is 5.66. The van der Waals surface area contributed by atoms with E-state index in [1.807, 2.05) is 0 Å². The normalized spacial score (nSPS) is 27.2. The number of nitrogens with one attached hydrogen (secondary N) is 1. The Kier molecular flexibility index (Phi) is 4.81. The van der Waals surface area contributed by atoms with Crippen LogP contribution in [-0.2, 0) is 4.74 Å². The zero-order valence-electron chi connectivity index (χ0n) is 12.5. The monoisotopic (exact) mass is 265 g/mol. The van der Waals surface area contributed by atoms with Crippen molar-refractivity contribution in [2.45, 2.75) is 76.7 Å². The van der Waals surface area contributed by atoms with E-state index in [0.717, 1.165) is 37.1 Å². The van der Waals surface area contributed by atoms with Gasteiger partial charge in [-0.1, -0.05) is 12.8 Å². The minimum absolute atomic E-state index is 0.783. The van der Waals surface area contributed by atoms with Crippen LogP contribution in [0.25, 0.3) is 0 Å². The van der Waals surface area contributed by atoms with Gasteiger partial charge in [0, 0.05) is 19.3 Å². The molecule has 0 heterocycles. The van der Waals surface area contributed by atoms with Gasteiger partial charge in [-0.2, -0.15) is 0 Å². The molecule has 2 heteroatoms. The van der Waals surface area contributed by atoms with Gasteiger partial charge in [0.05, 0.1) is 0 Å². The molecule has 0 bridgehead atoms. The van der Waals surface area contributed by atoms with Crippen molar-refractivity contribution in [1.82, 2.24) is 5.32 Å². The summed E-state index contributed by atoms with van der Waals surface area (Å²) in [4.78, 5) is 0. The highest BCUT2D eigenvalue weighted by Crippen LogP contribution is 2.48. The Morgan fingerprint density at radius 3 is 2.37 bits per heavy atom. The first-order chi connectivity index (χ1) is 9.36. The van der Waals surface area contributed by atoms with Crippen LogP contribution < -0.4 is 5.32 Å². The summed E-state index contributed by atoms with van der Waals surface area (Å²) in [6.45, 7) is 3.13. The van der Waals surface area contributed by atoms with E-state index in [-0.39, 0.29) is 0 Å². The Balaban J connectivity index is 1.21. The van der Waals surface area contributed by atoms with Crippen molar-refractivity contribution in [2.75, 3.05) is 19.8 Å². The van der Waals surface area contributed by atoms with Gasteiger partial charge in [0.15, 0.2) is 0 Å². The van der Waals surface area contributed by atoms with Crippen LogP contribution in [-0.4, -0.2) is 25.8 Å². The summed E-state index contributed by atoms with van der Waals surface area (Å²) in [6.07, 6.45) is 15.9. The highest BCUT2D eigenvalue weighted by atomic mass is 16.5. The molecule has 3 rings (SSSR count). The number of hydrogen-bond donors (Lipinski definition) is 1. The molecule has 0 aliphatic heterocycles. The minimum Gasteiger partial charge on any atom is -0.381 e. The molecule has 0 aromatic heterocycles. The molecule has 0 aromatic carbocycles. The molecule has 110 valence electrons. The van der Waals surface area contributed by atoms with Crippen LogP contribution in [0, 0.1) is 11.3 Å². The van der Waals surface area contributed by atoms with Gasteiger partial charge in [-0.25, -0.2) is 0 Å². The second kappa shape index (κ2) is 6.58. The van der Waals surface area contributed by atoms with Gasteiger partial charge < -0.3 is 10.1 Å². The molecule has 3 saturated carbocycles. The van der Waals surface area contributed by atoms with Gasteiger partial charge >= 0.3 is 0 Å². The lowest BCUT2D eigenvalue weighted by Gasteiger charge is -2.37. The van der Waals surface area contributed by atoms with Crippen LogP contribution in [0.3, 0.4) is 0 Å². The van der Waals surface area contributed by atoms with Gasteiger partial charge in [0.2, 0.25) is 0 Å². The first-order valence-electron chi connectivity index (χ1n) is 8.68. The zero-order chi connectivity index (χ0) is 13.0. The van der Waals surface area contributed by atoms with Crippen molar-refractivity contribution in [2.24, 2.45) is 11.3 Å². The standard InChI is InChI=1S/C17H31NO/c1-2-9-17(8-1)10-6-16(7-11-17)18-12-3-13-19-14-15-4-5-15/h15-16,18H,1-14H2. The van der Waals surface area contributed by atoms with Crippen molar-refractivity contribution in [3.8, 4) is 0 Å². The van der Waals surface area contributed by atoms with Crippen LogP contribution in [0.1, 0.15) is 70.6 Å². The van der Waals surface area contributed by atoms with E-state index < -0.39 is 0 Å². The lowest BCUT2D eigenvalue weighted by Crippen LogP contribution is -2.37. The summed E-state index contributed by atoms with van der Waals surface area (Å²) in [5.74, 6) is 0.911. The fraction of sp³-hybridized carbons (Fsp3) is 1.00. The van der Waals surface area contributed by atoms with Gasteiger partial charge in [0.1, 0.15) is 0 Å². The molecule has 0 atom stereocenters. The molecule has 3 aliphatic rings. The zero-order valence-corrected chi connectivity index (χ0v) is 12.5. The summed E-state index contributed by atoms with van der Waals surface area (Å²) in [5.41, 5.74) is 0.783. The lowest BCUT2D eigenvalue weighted by atomic mass is 9.71. The van der Waals surface area contributed by atoms with E-state index in [2.05, 4.69) is 5.32 Å². The van der Waals surface area contributed by atoms with Gasteiger partial charge in [-0.05, 0) is 75.7 Å².